The van der Waals surface area contributed by atoms with Gasteiger partial charge in [0, 0.05) is 23.4 Å². The van der Waals surface area contributed by atoms with Crippen molar-refractivity contribution >= 4 is 34.0 Å². The van der Waals surface area contributed by atoms with Crippen molar-refractivity contribution in [3.8, 4) is 6.07 Å². The summed E-state index contributed by atoms with van der Waals surface area (Å²) in [6.45, 7) is 3.67. The molecule has 0 atom stereocenters. The minimum atomic E-state index is -0.497. The van der Waals surface area contributed by atoms with Crippen molar-refractivity contribution in [2.45, 2.75) is 24.6 Å². The van der Waals surface area contributed by atoms with Crippen LogP contribution in [-0.2, 0) is 10.5 Å². The molecule has 3 aromatic rings. The number of thioether (sulfide) groups is 1. The second-order valence-corrected chi connectivity index (χ2v) is 7.07. The molecule has 3 aromatic heterocycles. The molecule has 0 radical (unpaired) electrons. The summed E-state index contributed by atoms with van der Waals surface area (Å²) in [4.78, 5) is 33.4. The van der Waals surface area contributed by atoms with Crippen LogP contribution in [0.25, 0.3) is 4.96 Å². The number of aryl methyl sites for hydroxylation is 1. The maximum absolute atomic E-state index is 12.0. The SMILES string of the molecule is CCOC(=O)c1cc(C#N)c(SCc2cc(=O)n3ccsc3n2)nc1C. The number of ether oxygens (including phenoxy) is 1. The van der Waals surface area contributed by atoms with E-state index in [1.54, 1.807) is 25.4 Å². The van der Waals surface area contributed by atoms with Gasteiger partial charge in [0.1, 0.15) is 11.1 Å². The number of nitriles is 1. The van der Waals surface area contributed by atoms with Crippen molar-refractivity contribution in [1.29, 1.82) is 5.26 Å². The molecule has 7 nitrogen and oxygen atoms in total. The largest absolute Gasteiger partial charge is 0.462 e. The molecule has 0 N–H and O–H groups in total. The van der Waals surface area contributed by atoms with Crippen molar-refractivity contribution in [1.82, 2.24) is 14.4 Å². The normalized spacial score (nSPS) is 10.7. The quantitative estimate of drug-likeness (QED) is 0.491. The number of fused-ring (bicyclic) bond motifs is 1. The number of nitrogens with zero attached hydrogens (tertiary/aromatic N) is 4. The Morgan fingerprint density at radius 3 is 2.96 bits per heavy atom. The van der Waals surface area contributed by atoms with Crippen LogP contribution < -0.4 is 5.56 Å². The van der Waals surface area contributed by atoms with E-state index in [9.17, 15) is 14.9 Å². The molecule has 0 spiro atoms. The fraction of sp³-hybridized carbons (Fsp3) is 0.235. The second kappa shape index (κ2) is 7.68. The summed E-state index contributed by atoms with van der Waals surface area (Å²) in [7, 11) is 0. The predicted octanol–water partition coefficient (Wildman–Crippen LogP) is 2.80. The molecule has 0 bridgehead atoms. The van der Waals surface area contributed by atoms with Gasteiger partial charge in [-0.3, -0.25) is 9.20 Å². The van der Waals surface area contributed by atoms with Gasteiger partial charge in [-0.25, -0.2) is 14.8 Å². The monoisotopic (exact) mass is 386 g/mol. The van der Waals surface area contributed by atoms with Gasteiger partial charge in [0.25, 0.3) is 5.56 Å². The third-order valence-electron chi connectivity index (χ3n) is 3.51. The van der Waals surface area contributed by atoms with Crippen LogP contribution >= 0.6 is 23.1 Å². The van der Waals surface area contributed by atoms with Gasteiger partial charge in [-0.15, -0.1) is 11.3 Å². The highest BCUT2D eigenvalue weighted by Gasteiger charge is 2.16. The topological polar surface area (TPSA) is 97.3 Å². The lowest BCUT2D eigenvalue weighted by atomic mass is 10.1. The zero-order valence-electron chi connectivity index (χ0n) is 14.1. The first-order valence-corrected chi connectivity index (χ1v) is 9.57. The van der Waals surface area contributed by atoms with E-state index < -0.39 is 5.97 Å². The Labute approximate surface area is 157 Å². The van der Waals surface area contributed by atoms with E-state index in [0.717, 1.165) is 0 Å². The molecular weight excluding hydrogens is 372 g/mol. The number of aromatic nitrogens is 3. The van der Waals surface area contributed by atoms with Crippen molar-refractivity contribution < 1.29 is 9.53 Å². The minimum absolute atomic E-state index is 0.144. The Kier molecular flexibility index (Phi) is 5.35. The number of carbonyl (C=O) groups excluding carboxylic acids is 1. The zero-order valence-corrected chi connectivity index (χ0v) is 15.7. The average molecular weight is 386 g/mol. The Balaban J connectivity index is 1.87. The molecule has 3 heterocycles. The first-order valence-electron chi connectivity index (χ1n) is 7.71. The highest BCUT2D eigenvalue weighted by Crippen LogP contribution is 2.26. The number of thiazole rings is 1. The predicted molar refractivity (Wildman–Crippen MR) is 98.5 cm³/mol. The van der Waals surface area contributed by atoms with Crippen LogP contribution in [0.15, 0.2) is 33.5 Å². The Bertz CT molecular complexity index is 1080. The molecule has 0 saturated carbocycles. The molecule has 26 heavy (non-hydrogen) atoms. The summed E-state index contributed by atoms with van der Waals surface area (Å²) in [6.07, 6.45) is 1.68. The van der Waals surface area contributed by atoms with Crippen LogP contribution in [0.3, 0.4) is 0 Å². The molecule has 0 aliphatic carbocycles. The van der Waals surface area contributed by atoms with Gasteiger partial charge >= 0.3 is 5.97 Å². The first-order chi connectivity index (χ1) is 12.5. The lowest BCUT2D eigenvalue weighted by molar-refractivity contribution is 0.0524. The smallest absolute Gasteiger partial charge is 0.340 e. The van der Waals surface area contributed by atoms with Crippen molar-refractivity contribution in [2.75, 3.05) is 6.61 Å². The number of hydrogen-bond donors (Lipinski definition) is 0. The molecule has 0 unspecified atom stereocenters. The highest BCUT2D eigenvalue weighted by molar-refractivity contribution is 7.98. The maximum Gasteiger partial charge on any atom is 0.340 e. The summed E-state index contributed by atoms with van der Waals surface area (Å²) in [5, 5.41) is 11.7. The summed E-state index contributed by atoms with van der Waals surface area (Å²) in [5.41, 5.74) is 1.53. The van der Waals surface area contributed by atoms with Gasteiger partial charge in [0.15, 0.2) is 4.96 Å². The first kappa shape index (κ1) is 18.1. The van der Waals surface area contributed by atoms with E-state index in [1.807, 2.05) is 0 Å². The van der Waals surface area contributed by atoms with Crippen LogP contribution in [0.4, 0.5) is 0 Å². The zero-order chi connectivity index (χ0) is 18.7. The van der Waals surface area contributed by atoms with E-state index in [2.05, 4.69) is 16.0 Å². The van der Waals surface area contributed by atoms with Gasteiger partial charge in [0.2, 0.25) is 0 Å². The van der Waals surface area contributed by atoms with Gasteiger partial charge in [0.05, 0.1) is 29.1 Å². The number of carbonyl (C=O) groups is 1. The second-order valence-electron chi connectivity index (χ2n) is 5.24. The van der Waals surface area contributed by atoms with Crippen molar-refractivity contribution in [2.24, 2.45) is 0 Å². The van der Waals surface area contributed by atoms with E-state index in [1.165, 1.54) is 39.6 Å². The van der Waals surface area contributed by atoms with Crippen LogP contribution in [0.2, 0.25) is 0 Å². The molecule has 3 rings (SSSR count). The summed E-state index contributed by atoms with van der Waals surface area (Å²) >= 11 is 2.68. The van der Waals surface area contributed by atoms with E-state index in [4.69, 9.17) is 4.74 Å². The maximum atomic E-state index is 12.0. The van der Waals surface area contributed by atoms with Gasteiger partial charge in [-0.2, -0.15) is 5.26 Å². The summed E-state index contributed by atoms with van der Waals surface area (Å²) in [6, 6.07) is 5.02. The molecule has 0 aromatic carbocycles. The lowest BCUT2D eigenvalue weighted by Gasteiger charge is -2.09. The molecule has 0 amide bonds. The summed E-state index contributed by atoms with van der Waals surface area (Å²) < 4.78 is 6.47. The van der Waals surface area contributed by atoms with Crippen LogP contribution in [0, 0.1) is 18.3 Å². The van der Waals surface area contributed by atoms with Gasteiger partial charge in [-0.1, -0.05) is 11.8 Å². The van der Waals surface area contributed by atoms with Gasteiger partial charge < -0.3 is 4.74 Å². The fourth-order valence-corrected chi connectivity index (χ4v) is 3.93. The fourth-order valence-electron chi connectivity index (χ4n) is 2.29. The molecular formula is C17H14N4O3S2. The number of hydrogen-bond acceptors (Lipinski definition) is 8. The van der Waals surface area contributed by atoms with Crippen molar-refractivity contribution in [3.05, 3.63) is 56.6 Å². The molecule has 132 valence electrons. The third kappa shape index (κ3) is 3.61. The number of esters is 1. The number of pyridine rings is 1. The van der Waals surface area contributed by atoms with Crippen LogP contribution in [0.5, 0.6) is 0 Å². The Morgan fingerprint density at radius 1 is 1.42 bits per heavy atom. The van der Waals surface area contributed by atoms with E-state index >= 15 is 0 Å². The molecule has 0 fully saturated rings. The van der Waals surface area contributed by atoms with Crippen molar-refractivity contribution in [3.63, 3.8) is 0 Å². The highest BCUT2D eigenvalue weighted by atomic mass is 32.2. The Hall–Kier alpha value is -2.70. The molecule has 9 heteroatoms. The number of rotatable bonds is 5. The third-order valence-corrected chi connectivity index (χ3v) is 5.29. The molecule has 0 saturated heterocycles. The Morgan fingerprint density at radius 2 is 2.23 bits per heavy atom. The molecule has 0 aliphatic heterocycles. The minimum Gasteiger partial charge on any atom is -0.462 e. The van der Waals surface area contributed by atoms with E-state index in [-0.39, 0.29) is 23.3 Å². The van der Waals surface area contributed by atoms with Crippen LogP contribution in [0.1, 0.15) is 34.2 Å². The summed E-state index contributed by atoms with van der Waals surface area (Å²) in [5.74, 6) is -0.104. The van der Waals surface area contributed by atoms with E-state index in [0.29, 0.717) is 27.1 Å². The standard InChI is InChI=1S/C17H14N4O3S2/c1-3-24-16(23)13-6-11(8-18)15(19-10(13)2)26-9-12-7-14(22)21-4-5-25-17(21)20-12/h4-7H,3,9H2,1-2H3. The average Bonchev–Trinajstić information content (AvgIpc) is 3.09. The van der Waals surface area contributed by atoms with Gasteiger partial charge in [-0.05, 0) is 19.9 Å². The lowest BCUT2D eigenvalue weighted by Crippen LogP contribution is -2.12. The van der Waals surface area contributed by atoms with Crippen LogP contribution in [-0.4, -0.2) is 26.9 Å². The molecule has 0 aliphatic rings.